The van der Waals surface area contributed by atoms with E-state index in [4.69, 9.17) is 14.6 Å². The zero-order valence-corrected chi connectivity index (χ0v) is 13.9. The monoisotopic (exact) mass is 332 g/mol. The first-order valence-electron chi connectivity index (χ1n) is 8.73. The fourth-order valence-corrected chi connectivity index (χ4v) is 3.79. The molecule has 4 atom stereocenters. The van der Waals surface area contributed by atoms with Crippen LogP contribution >= 0.6 is 0 Å². The summed E-state index contributed by atoms with van der Waals surface area (Å²) >= 11 is 0. The zero-order valence-electron chi connectivity index (χ0n) is 13.9. The molecule has 5 nitrogen and oxygen atoms in total. The molecule has 1 aromatic rings. The van der Waals surface area contributed by atoms with E-state index in [0.717, 1.165) is 37.0 Å². The number of esters is 1. The standard InChI is InChI=1S/C19H24O5/c1-2-3-10-23-13-6-4-12(5-7-13)11-24-19(22)15-9-8-14-16(15)17(14)18(20)21/h4-7,14-17H,2-3,8-11H2,1H3,(H,20,21). The maximum absolute atomic E-state index is 12.2. The molecule has 0 bridgehead atoms. The highest BCUT2D eigenvalue weighted by Crippen LogP contribution is 2.60. The summed E-state index contributed by atoms with van der Waals surface area (Å²) in [6.07, 6.45) is 3.70. The zero-order chi connectivity index (χ0) is 17.1. The van der Waals surface area contributed by atoms with Crippen LogP contribution < -0.4 is 4.74 Å². The molecule has 24 heavy (non-hydrogen) atoms. The number of carbonyl (C=O) groups is 2. The molecule has 0 radical (unpaired) electrons. The number of aliphatic carboxylic acids is 1. The molecule has 0 spiro atoms. The molecule has 2 saturated carbocycles. The minimum absolute atomic E-state index is 0.00987. The summed E-state index contributed by atoms with van der Waals surface area (Å²) in [4.78, 5) is 23.3. The Kier molecular flexibility index (Phi) is 5.07. The van der Waals surface area contributed by atoms with E-state index >= 15 is 0 Å². The van der Waals surface area contributed by atoms with Crippen molar-refractivity contribution in [2.45, 2.75) is 39.2 Å². The van der Waals surface area contributed by atoms with Crippen LogP contribution in [-0.2, 0) is 20.9 Å². The number of benzene rings is 1. The van der Waals surface area contributed by atoms with Gasteiger partial charge in [0.25, 0.3) is 0 Å². The third-order valence-electron chi connectivity index (χ3n) is 5.16. The highest BCUT2D eigenvalue weighted by atomic mass is 16.5. The first kappa shape index (κ1) is 16.8. The van der Waals surface area contributed by atoms with Crippen LogP contribution in [0.2, 0.25) is 0 Å². The van der Waals surface area contributed by atoms with Gasteiger partial charge in [-0.25, -0.2) is 0 Å². The number of hydrogen-bond acceptors (Lipinski definition) is 4. The fourth-order valence-electron chi connectivity index (χ4n) is 3.79. The smallest absolute Gasteiger partial charge is 0.309 e. The van der Waals surface area contributed by atoms with E-state index in [1.807, 2.05) is 24.3 Å². The molecule has 2 aliphatic rings. The summed E-state index contributed by atoms with van der Waals surface area (Å²) in [7, 11) is 0. The molecule has 5 heteroatoms. The van der Waals surface area contributed by atoms with Crippen molar-refractivity contribution in [2.75, 3.05) is 6.61 Å². The van der Waals surface area contributed by atoms with E-state index in [9.17, 15) is 9.59 Å². The van der Waals surface area contributed by atoms with Crippen LogP contribution in [0.3, 0.4) is 0 Å². The Balaban J connectivity index is 1.46. The number of hydrogen-bond donors (Lipinski definition) is 1. The molecule has 0 heterocycles. The number of fused-ring (bicyclic) bond motifs is 1. The number of rotatable bonds is 8. The van der Waals surface area contributed by atoms with Crippen LogP contribution in [0.15, 0.2) is 24.3 Å². The van der Waals surface area contributed by atoms with E-state index < -0.39 is 5.97 Å². The number of ether oxygens (including phenoxy) is 2. The lowest BCUT2D eigenvalue weighted by Crippen LogP contribution is -2.20. The molecule has 1 N–H and O–H groups in total. The second kappa shape index (κ2) is 7.24. The molecule has 2 fully saturated rings. The van der Waals surface area contributed by atoms with Crippen LogP contribution in [0.1, 0.15) is 38.2 Å². The second-order valence-corrected chi connectivity index (χ2v) is 6.74. The Hall–Kier alpha value is -2.04. The molecule has 4 unspecified atom stereocenters. The Morgan fingerprint density at radius 2 is 1.96 bits per heavy atom. The predicted octanol–water partition coefficient (Wildman–Crippen LogP) is 3.27. The Morgan fingerprint density at radius 3 is 2.58 bits per heavy atom. The quantitative estimate of drug-likeness (QED) is 0.584. The van der Waals surface area contributed by atoms with Crippen LogP contribution in [0.25, 0.3) is 0 Å². The third-order valence-corrected chi connectivity index (χ3v) is 5.16. The van der Waals surface area contributed by atoms with Crippen LogP contribution in [0, 0.1) is 23.7 Å². The molecule has 2 aliphatic carbocycles. The number of carboxylic acid groups (broad SMARTS) is 1. The summed E-state index contributed by atoms with van der Waals surface area (Å²) in [5.41, 5.74) is 0.909. The minimum Gasteiger partial charge on any atom is -0.494 e. The number of carbonyl (C=O) groups excluding carboxylic acids is 1. The molecule has 0 aromatic heterocycles. The number of carboxylic acids is 1. The Bertz CT molecular complexity index is 594. The summed E-state index contributed by atoms with van der Waals surface area (Å²) in [6, 6.07) is 7.55. The average Bonchev–Trinajstić information content (AvgIpc) is 3.15. The molecule has 1 aromatic carbocycles. The summed E-state index contributed by atoms with van der Waals surface area (Å²) in [6.45, 7) is 3.05. The fraction of sp³-hybridized carbons (Fsp3) is 0.579. The SMILES string of the molecule is CCCCOc1ccc(COC(=O)C2CCC3C(C(=O)O)C23)cc1. The van der Waals surface area contributed by atoms with Crippen molar-refractivity contribution in [3.8, 4) is 5.75 Å². The van der Waals surface area contributed by atoms with Gasteiger partial charge >= 0.3 is 11.9 Å². The molecule has 0 aliphatic heterocycles. The van der Waals surface area contributed by atoms with Gasteiger partial charge in [-0.3, -0.25) is 9.59 Å². The van der Waals surface area contributed by atoms with Gasteiger partial charge in [0.2, 0.25) is 0 Å². The van der Waals surface area contributed by atoms with Gasteiger partial charge in [-0.2, -0.15) is 0 Å². The van der Waals surface area contributed by atoms with Crippen molar-refractivity contribution < 1.29 is 24.2 Å². The average molecular weight is 332 g/mol. The van der Waals surface area contributed by atoms with Crippen LogP contribution in [0.4, 0.5) is 0 Å². The highest BCUT2D eigenvalue weighted by Gasteiger charge is 2.63. The molecule has 3 rings (SSSR count). The van der Waals surface area contributed by atoms with Gasteiger partial charge in [-0.1, -0.05) is 25.5 Å². The molecular formula is C19H24O5. The van der Waals surface area contributed by atoms with Crippen molar-refractivity contribution in [2.24, 2.45) is 23.7 Å². The van der Waals surface area contributed by atoms with E-state index in [0.29, 0.717) is 6.61 Å². The number of unbranched alkanes of at least 4 members (excludes halogenated alkanes) is 1. The van der Waals surface area contributed by atoms with E-state index in [1.54, 1.807) is 0 Å². The van der Waals surface area contributed by atoms with Crippen LogP contribution in [-0.4, -0.2) is 23.7 Å². The first-order chi connectivity index (χ1) is 11.6. The maximum atomic E-state index is 12.2. The maximum Gasteiger partial charge on any atom is 0.309 e. The second-order valence-electron chi connectivity index (χ2n) is 6.74. The topological polar surface area (TPSA) is 72.8 Å². The lowest BCUT2D eigenvalue weighted by Gasteiger charge is -2.13. The molecule has 0 saturated heterocycles. The third kappa shape index (κ3) is 3.55. The summed E-state index contributed by atoms with van der Waals surface area (Å²) < 4.78 is 11.0. The van der Waals surface area contributed by atoms with E-state index in [2.05, 4.69) is 6.92 Å². The van der Waals surface area contributed by atoms with E-state index in [1.165, 1.54) is 0 Å². The molecular weight excluding hydrogens is 308 g/mol. The van der Waals surface area contributed by atoms with Crippen molar-refractivity contribution in [3.63, 3.8) is 0 Å². The highest BCUT2D eigenvalue weighted by molar-refractivity contribution is 5.80. The van der Waals surface area contributed by atoms with Gasteiger partial charge in [-0.15, -0.1) is 0 Å². The van der Waals surface area contributed by atoms with Crippen molar-refractivity contribution in [1.82, 2.24) is 0 Å². The first-order valence-corrected chi connectivity index (χ1v) is 8.73. The Morgan fingerprint density at radius 1 is 1.21 bits per heavy atom. The lowest BCUT2D eigenvalue weighted by atomic mass is 10.0. The van der Waals surface area contributed by atoms with Crippen LogP contribution in [0.5, 0.6) is 5.75 Å². The normalized spacial score (nSPS) is 27.4. The largest absolute Gasteiger partial charge is 0.494 e. The van der Waals surface area contributed by atoms with Crippen molar-refractivity contribution in [3.05, 3.63) is 29.8 Å². The van der Waals surface area contributed by atoms with Gasteiger partial charge in [0.15, 0.2) is 0 Å². The van der Waals surface area contributed by atoms with Gasteiger partial charge in [-0.05, 0) is 48.8 Å². The molecule has 0 amide bonds. The lowest BCUT2D eigenvalue weighted by molar-refractivity contribution is -0.151. The molecule has 130 valence electrons. The van der Waals surface area contributed by atoms with Crippen molar-refractivity contribution in [1.29, 1.82) is 0 Å². The van der Waals surface area contributed by atoms with Crippen molar-refractivity contribution >= 4 is 11.9 Å². The van der Waals surface area contributed by atoms with E-state index in [-0.39, 0.29) is 36.2 Å². The van der Waals surface area contributed by atoms with Gasteiger partial charge in [0, 0.05) is 0 Å². The van der Waals surface area contributed by atoms with Gasteiger partial charge < -0.3 is 14.6 Å². The summed E-state index contributed by atoms with van der Waals surface area (Å²) in [5.74, 6) is -0.623. The van der Waals surface area contributed by atoms with Gasteiger partial charge in [0.05, 0.1) is 18.4 Å². The van der Waals surface area contributed by atoms with Gasteiger partial charge in [0.1, 0.15) is 12.4 Å². The minimum atomic E-state index is -0.777. The predicted molar refractivity (Wildman–Crippen MR) is 87.5 cm³/mol. The summed E-state index contributed by atoms with van der Waals surface area (Å²) in [5, 5.41) is 9.11. The Labute approximate surface area is 142 Å².